The fourth-order valence-corrected chi connectivity index (χ4v) is 8.36. The molecular weight excluding hydrogens is 685 g/mol. The predicted octanol–water partition coefficient (Wildman–Crippen LogP) is 8.13. The van der Waals surface area contributed by atoms with Crippen LogP contribution in [-0.4, -0.2) is 62.2 Å². The van der Waals surface area contributed by atoms with Crippen molar-refractivity contribution in [3.8, 4) is 0 Å². The Labute approximate surface area is 337 Å². The van der Waals surface area contributed by atoms with E-state index < -0.39 is 0 Å². The normalized spacial score (nSPS) is 17.5. The largest absolute Gasteiger partial charge is 0.313 e. The summed E-state index contributed by atoms with van der Waals surface area (Å²) in [7, 11) is 0. The van der Waals surface area contributed by atoms with Gasteiger partial charge in [-0.05, 0) is 135 Å². The number of nitrogens with zero attached hydrogens (tertiary/aromatic N) is 2. The van der Waals surface area contributed by atoms with Gasteiger partial charge in [0.1, 0.15) is 0 Å². The lowest BCUT2D eigenvalue weighted by atomic mass is 9.84. The van der Waals surface area contributed by atoms with Crippen molar-refractivity contribution in [3.05, 3.63) is 177 Å². The van der Waals surface area contributed by atoms with E-state index in [2.05, 4.69) is 159 Å². The summed E-state index contributed by atoms with van der Waals surface area (Å²) in [4.78, 5) is 5.29. The molecule has 0 saturated heterocycles. The van der Waals surface area contributed by atoms with Crippen LogP contribution in [0.25, 0.3) is 0 Å². The summed E-state index contributed by atoms with van der Waals surface area (Å²) in [6, 6.07) is 46.1. The molecule has 0 amide bonds. The van der Waals surface area contributed by atoms with E-state index in [0.717, 1.165) is 117 Å². The topological polar surface area (TPSA) is 54.6 Å². The van der Waals surface area contributed by atoms with Gasteiger partial charge >= 0.3 is 0 Å². The summed E-state index contributed by atoms with van der Waals surface area (Å²) >= 11 is 0. The van der Waals surface area contributed by atoms with Gasteiger partial charge in [0.05, 0.1) is 0 Å². The van der Waals surface area contributed by atoms with Gasteiger partial charge in [-0.25, -0.2) is 0 Å². The van der Waals surface area contributed by atoms with Crippen molar-refractivity contribution >= 4 is 0 Å². The average molecular weight is 749 g/mol. The van der Waals surface area contributed by atoms with Crippen molar-refractivity contribution in [1.82, 2.24) is 31.1 Å². The molecule has 2 heterocycles. The third-order valence-electron chi connectivity index (χ3n) is 11.5. The van der Waals surface area contributed by atoms with Crippen LogP contribution in [0.5, 0.6) is 0 Å². The maximum Gasteiger partial charge on any atom is 0.0339 e. The van der Waals surface area contributed by atoms with Gasteiger partial charge in [0, 0.05) is 45.2 Å². The molecule has 6 nitrogen and oxygen atoms in total. The molecule has 294 valence electrons. The Morgan fingerprint density at radius 3 is 1.09 bits per heavy atom. The molecule has 4 bridgehead atoms. The third-order valence-corrected chi connectivity index (χ3v) is 11.5. The highest BCUT2D eigenvalue weighted by Crippen LogP contribution is 2.33. The van der Waals surface area contributed by atoms with Crippen molar-refractivity contribution in [1.29, 1.82) is 0 Å². The Bertz CT molecular complexity index is 1710. The summed E-state index contributed by atoms with van der Waals surface area (Å²) < 4.78 is 0. The molecule has 5 aromatic carbocycles. The Hall–Kier alpha value is -4.14. The van der Waals surface area contributed by atoms with Crippen molar-refractivity contribution < 1.29 is 0 Å². The molecule has 0 aromatic heterocycles. The van der Waals surface area contributed by atoms with Crippen LogP contribution >= 0.6 is 0 Å². The highest BCUT2D eigenvalue weighted by molar-refractivity contribution is 5.45. The molecule has 2 aliphatic rings. The first-order valence-corrected chi connectivity index (χ1v) is 21.3. The first-order valence-electron chi connectivity index (χ1n) is 21.3. The van der Waals surface area contributed by atoms with Crippen molar-refractivity contribution in [2.24, 2.45) is 0 Å². The number of hydrogen-bond donors (Lipinski definition) is 4. The van der Waals surface area contributed by atoms with Crippen LogP contribution in [0, 0.1) is 6.92 Å². The van der Waals surface area contributed by atoms with Crippen LogP contribution in [0.3, 0.4) is 0 Å². The van der Waals surface area contributed by atoms with E-state index in [-0.39, 0.29) is 5.92 Å². The lowest BCUT2D eigenvalue weighted by molar-refractivity contribution is 0.256. The Kier molecular flexibility index (Phi) is 15.3. The standard InChI is InChI=1S/C50H64N6/c1-40-12-18-47(19-13-40)50(48-20-14-41(15-21-48)38-55-28-4-24-51-34-43-8-2-9-44(32-43)35-52-25-5-29-55)49-22-16-42(17-23-49)39-56-30-6-26-53-36-45-10-3-11-46(33-45)37-54-27-7-31-56/h2-3,8-23,32-33,50-54H,4-7,24-31,34-39H2,1H3. The van der Waals surface area contributed by atoms with Gasteiger partial charge in [-0.15, -0.1) is 0 Å². The molecule has 7 rings (SSSR count). The number of fused-ring (bicyclic) bond motifs is 4. The minimum atomic E-state index is 0.191. The zero-order valence-corrected chi connectivity index (χ0v) is 33.7. The van der Waals surface area contributed by atoms with E-state index in [9.17, 15) is 0 Å². The van der Waals surface area contributed by atoms with Crippen LogP contribution in [0.2, 0.25) is 0 Å². The number of nitrogens with one attached hydrogen (secondary N) is 4. The maximum absolute atomic E-state index is 3.67. The molecule has 0 atom stereocenters. The van der Waals surface area contributed by atoms with Crippen molar-refractivity contribution in [2.75, 3.05) is 52.4 Å². The molecule has 0 unspecified atom stereocenters. The summed E-state index contributed by atoms with van der Waals surface area (Å²) in [5, 5.41) is 14.7. The quantitative estimate of drug-likeness (QED) is 0.126. The number of hydrogen-bond acceptors (Lipinski definition) is 6. The summed E-state index contributed by atoms with van der Waals surface area (Å²) in [5.74, 6) is 0.191. The van der Waals surface area contributed by atoms with E-state index in [1.165, 1.54) is 55.6 Å². The smallest absolute Gasteiger partial charge is 0.0339 e. The zero-order chi connectivity index (χ0) is 38.2. The van der Waals surface area contributed by atoms with Gasteiger partial charge in [-0.3, -0.25) is 9.80 Å². The van der Waals surface area contributed by atoms with E-state index in [4.69, 9.17) is 0 Å². The van der Waals surface area contributed by atoms with E-state index in [1.54, 1.807) is 0 Å². The molecule has 56 heavy (non-hydrogen) atoms. The minimum Gasteiger partial charge on any atom is -0.313 e. The lowest BCUT2D eigenvalue weighted by Crippen LogP contribution is -2.30. The molecule has 0 saturated carbocycles. The maximum atomic E-state index is 3.67. The van der Waals surface area contributed by atoms with E-state index >= 15 is 0 Å². The van der Waals surface area contributed by atoms with Gasteiger partial charge in [0.2, 0.25) is 0 Å². The Morgan fingerprint density at radius 1 is 0.429 bits per heavy atom. The summed E-state index contributed by atoms with van der Waals surface area (Å²) in [5.41, 5.74) is 13.6. The molecule has 5 aromatic rings. The first kappa shape index (κ1) is 40.1. The fourth-order valence-electron chi connectivity index (χ4n) is 8.36. The summed E-state index contributed by atoms with van der Waals surface area (Å²) in [6.07, 6.45) is 4.60. The highest BCUT2D eigenvalue weighted by Gasteiger charge is 2.18. The molecule has 4 N–H and O–H groups in total. The van der Waals surface area contributed by atoms with E-state index in [1.807, 2.05) is 0 Å². The Balaban J connectivity index is 0.990. The number of benzene rings is 5. The van der Waals surface area contributed by atoms with Crippen molar-refractivity contribution in [3.63, 3.8) is 0 Å². The molecule has 2 aliphatic heterocycles. The van der Waals surface area contributed by atoms with Gasteiger partial charge in [0.25, 0.3) is 0 Å². The second kappa shape index (κ2) is 21.4. The molecule has 6 heteroatoms. The lowest BCUT2D eigenvalue weighted by Gasteiger charge is -2.25. The highest BCUT2D eigenvalue weighted by atomic mass is 15.1. The second-order valence-electron chi connectivity index (χ2n) is 16.1. The van der Waals surface area contributed by atoms with Crippen molar-refractivity contribution in [2.45, 2.75) is 77.8 Å². The average Bonchev–Trinajstić information content (AvgIpc) is 3.22. The molecule has 0 radical (unpaired) electrons. The third kappa shape index (κ3) is 12.4. The predicted molar refractivity (Wildman–Crippen MR) is 234 cm³/mol. The molecule has 0 fully saturated rings. The van der Waals surface area contributed by atoms with Gasteiger partial charge in [-0.1, -0.05) is 127 Å². The first-order chi connectivity index (χ1) is 27.6. The number of aryl methyl sites for hydroxylation is 1. The Morgan fingerprint density at radius 2 is 0.750 bits per heavy atom. The summed E-state index contributed by atoms with van der Waals surface area (Å²) in [6.45, 7) is 16.5. The van der Waals surface area contributed by atoms with Crippen LogP contribution in [-0.2, 0) is 39.3 Å². The zero-order valence-electron chi connectivity index (χ0n) is 33.7. The van der Waals surface area contributed by atoms with Gasteiger partial charge in [0.15, 0.2) is 0 Å². The van der Waals surface area contributed by atoms with Crippen LogP contribution in [0.15, 0.2) is 121 Å². The van der Waals surface area contributed by atoms with Crippen LogP contribution in [0.4, 0.5) is 0 Å². The van der Waals surface area contributed by atoms with Crippen LogP contribution in [0.1, 0.15) is 87.2 Å². The molecule has 0 spiro atoms. The van der Waals surface area contributed by atoms with Gasteiger partial charge in [-0.2, -0.15) is 0 Å². The molecule has 0 aliphatic carbocycles. The fraction of sp³-hybridized carbons (Fsp3) is 0.400. The molecular formula is C50H64N6. The minimum absolute atomic E-state index is 0.191. The van der Waals surface area contributed by atoms with Gasteiger partial charge < -0.3 is 21.3 Å². The second-order valence-corrected chi connectivity index (χ2v) is 16.1. The number of rotatable bonds is 7. The van der Waals surface area contributed by atoms with Crippen LogP contribution < -0.4 is 21.3 Å². The monoisotopic (exact) mass is 749 g/mol. The van der Waals surface area contributed by atoms with E-state index in [0.29, 0.717) is 0 Å². The SMILES string of the molecule is Cc1ccc(C(c2ccc(CN3CCCNCc4cccc(c4)CNCCC3)cc2)c2ccc(CN3CCCNCc4cccc(c4)CNCCC3)cc2)cc1.